The molecule has 1 atom stereocenters. The van der Waals surface area contributed by atoms with Crippen molar-refractivity contribution in [2.75, 3.05) is 11.1 Å². The highest BCUT2D eigenvalue weighted by Crippen LogP contribution is 2.30. The molecule has 0 aliphatic heterocycles. The molecule has 1 rings (SSSR count). The highest BCUT2D eigenvalue weighted by molar-refractivity contribution is 6.34. The van der Waals surface area contributed by atoms with Gasteiger partial charge < -0.3 is 21.9 Å². The first-order valence-corrected chi connectivity index (χ1v) is 6.00. The lowest BCUT2D eigenvalue weighted by atomic mass is 10.0. The number of benzene rings is 1. The van der Waals surface area contributed by atoms with Crippen LogP contribution in [0.5, 0.6) is 0 Å². The SMILES string of the molecule is CC(C)C(Nc1c(Cl)cc(N)cc1C(=O)O)C(N)=O. The van der Waals surface area contributed by atoms with E-state index in [1.807, 2.05) is 0 Å². The van der Waals surface area contributed by atoms with Gasteiger partial charge in [-0.25, -0.2) is 4.79 Å². The minimum absolute atomic E-state index is 0.100. The molecule has 1 aromatic carbocycles. The number of aromatic carboxylic acids is 1. The molecule has 104 valence electrons. The number of nitrogens with two attached hydrogens (primary N) is 2. The van der Waals surface area contributed by atoms with Gasteiger partial charge in [-0.2, -0.15) is 0 Å². The first kappa shape index (κ1) is 15.1. The Labute approximate surface area is 115 Å². The first-order chi connectivity index (χ1) is 8.73. The number of carboxylic acid groups (broad SMARTS) is 1. The van der Waals surface area contributed by atoms with E-state index in [2.05, 4.69) is 5.32 Å². The predicted octanol–water partition coefficient (Wildman–Crippen LogP) is 1.54. The molecule has 0 aliphatic rings. The van der Waals surface area contributed by atoms with Crippen LogP contribution in [0.15, 0.2) is 12.1 Å². The monoisotopic (exact) mass is 285 g/mol. The second-order valence-electron chi connectivity index (χ2n) is 4.50. The molecule has 0 bridgehead atoms. The molecule has 1 amide bonds. The molecule has 1 aromatic rings. The van der Waals surface area contributed by atoms with E-state index in [4.69, 9.17) is 28.2 Å². The minimum Gasteiger partial charge on any atom is -0.478 e. The zero-order valence-electron chi connectivity index (χ0n) is 10.6. The maximum atomic E-state index is 11.3. The molecule has 19 heavy (non-hydrogen) atoms. The number of rotatable bonds is 5. The van der Waals surface area contributed by atoms with Gasteiger partial charge in [0.1, 0.15) is 6.04 Å². The Hall–Kier alpha value is -1.95. The summed E-state index contributed by atoms with van der Waals surface area (Å²) < 4.78 is 0. The van der Waals surface area contributed by atoms with Gasteiger partial charge >= 0.3 is 5.97 Å². The van der Waals surface area contributed by atoms with Crippen molar-refractivity contribution in [2.45, 2.75) is 19.9 Å². The topological polar surface area (TPSA) is 118 Å². The van der Waals surface area contributed by atoms with E-state index in [9.17, 15) is 9.59 Å². The predicted molar refractivity (Wildman–Crippen MR) is 74.3 cm³/mol. The molecule has 1 unspecified atom stereocenters. The second kappa shape index (κ2) is 5.79. The maximum absolute atomic E-state index is 11.3. The quantitative estimate of drug-likeness (QED) is 0.612. The fourth-order valence-electron chi connectivity index (χ4n) is 1.66. The number of anilines is 2. The number of halogens is 1. The van der Waals surface area contributed by atoms with Crippen LogP contribution in [0.3, 0.4) is 0 Å². The summed E-state index contributed by atoms with van der Waals surface area (Å²) in [6.45, 7) is 3.57. The Morgan fingerprint density at radius 2 is 1.95 bits per heavy atom. The van der Waals surface area contributed by atoms with Gasteiger partial charge in [0.2, 0.25) is 5.91 Å². The number of nitrogen functional groups attached to an aromatic ring is 1. The van der Waals surface area contributed by atoms with Crippen molar-refractivity contribution < 1.29 is 14.7 Å². The summed E-state index contributed by atoms with van der Waals surface area (Å²) in [7, 11) is 0. The van der Waals surface area contributed by atoms with E-state index in [-0.39, 0.29) is 27.9 Å². The van der Waals surface area contributed by atoms with Crippen LogP contribution in [-0.4, -0.2) is 23.0 Å². The van der Waals surface area contributed by atoms with Crippen LogP contribution < -0.4 is 16.8 Å². The summed E-state index contributed by atoms with van der Waals surface area (Å²) in [5.74, 6) is -1.89. The normalized spacial score (nSPS) is 12.2. The summed E-state index contributed by atoms with van der Waals surface area (Å²) in [5.41, 5.74) is 11.1. The van der Waals surface area contributed by atoms with Crippen LogP contribution in [-0.2, 0) is 4.79 Å². The first-order valence-electron chi connectivity index (χ1n) is 5.62. The lowest BCUT2D eigenvalue weighted by Gasteiger charge is -2.22. The molecule has 0 saturated carbocycles. The number of carbonyl (C=O) groups is 2. The molecule has 0 radical (unpaired) electrons. The number of primary amides is 1. The van der Waals surface area contributed by atoms with E-state index in [0.717, 1.165) is 0 Å². The zero-order valence-corrected chi connectivity index (χ0v) is 11.4. The van der Waals surface area contributed by atoms with Gasteiger partial charge in [-0.15, -0.1) is 0 Å². The zero-order chi connectivity index (χ0) is 14.7. The molecule has 0 aromatic heterocycles. The molecule has 0 fully saturated rings. The second-order valence-corrected chi connectivity index (χ2v) is 4.91. The third-order valence-electron chi connectivity index (χ3n) is 2.62. The lowest BCUT2D eigenvalue weighted by molar-refractivity contribution is -0.119. The lowest BCUT2D eigenvalue weighted by Crippen LogP contribution is -2.40. The van der Waals surface area contributed by atoms with Gasteiger partial charge in [-0.05, 0) is 18.1 Å². The van der Waals surface area contributed by atoms with Crippen LogP contribution in [0.2, 0.25) is 5.02 Å². The van der Waals surface area contributed by atoms with Crippen LogP contribution >= 0.6 is 11.6 Å². The highest BCUT2D eigenvalue weighted by atomic mass is 35.5. The standard InChI is InChI=1S/C12H16ClN3O3/c1-5(2)9(11(15)17)16-10-7(12(18)19)3-6(14)4-8(10)13/h3-5,9,16H,14H2,1-2H3,(H2,15,17)(H,18,19). The third kappa shape index (κ3) is 3.51. The van der Waals surface area contributed by atoms with E-state index < -0.39 is 17.9 Å². The van der Waals surface area contributed by atoms with Gasteiger partial charge in [0.15, 0.2) is 0 Å². The van der Waals surface area contributed by atoms with Gasteiger partial charge in [0.05, 0.1) is 16.3 Å². The maximum Gasteiger partial charge on any atom is 0.337 e. The van der Waals surface area contributed by atoms with Crippen molar-refractivity contribution in [3.63, 3.8) is 0 Å². The molecule has 6 nitrogen and oxygen atoms in total. The molecule has 0 heterocycles. The Morgan fingerprint density at radius 1 is 1.37 bits per heavy atom. The molecule has 0 saturated heterocycles. The molecule has 0 aliphatic carbocycles. The average molecular weight is 286 g/mol. The average Bonchev–Trinajstić information content (AvgIpc) is 2.25. The van der Waals surface area contributed by atoms with Gasteiger partial charge in [-0.1, -0.05) is 25.4 Å². The van der Waals surface area contributed by atoms with Crippen molar-refractivity contribution in [1.82, 2.24) is 0 Å². The van der Waals surface area contributed by atoms with Crippen LogP contribution in [0.25, 0.3) is 0 Å². The number of hydrogen-bond acceptors (Lipinski definition) is 4. The van der Waals surface area contributed by atoms with Crippen LogP contribution in [0, 0.1) is 5.92 Å². The van der Waals surface area contributed by atoms with Crippen molar-refractivity contribution in [3.8, 4) is 0 Å². The van der Waals surface area contributed by atoms with Crippen molar-refractivity contribution in [3.05, 3.63) is 22.7 Å². The highest BCUT2D eigenvalue weighted by Gasteiger charge is 2.23. The van der Waals surface area contributed by atoms with E-state index in [1.54, 1.807) is 13.8 Å². The Morgan fingerprint density at radius 3 is 2.37 bits per heavy atom. The number of amides is 1. The summed E-state index contributed by atoms with van der Waals surface area (Å²) in [4.78, 5) is 22.5. The number of carboxylic acids is 1. The van der Waals surface area contributed by atoms with Gasteiger partial charge in [0, 0.05) is 5.69 Å². The summed E-state index contributed by atoms with van der Waals surface area (Å²) >= 11 is 5.97. The van der Waals surface area contributed by atoms with Crippen LogP contribution in [0.1, 0.15) is 24.2 Å². The molecular weight excluding hydrogens is 270 g/mol. The molecule has 0 spiro atoms. The molecule has 6 N–H and O–H groups in total. The third-order valence-corrected chi connectivity index (χ3v) is 2.91. The smallest absolute Gasteiger partial charge is 0.337 e. The number of hydrogen-bond donors (Lipinski definition) is 4. The minimum atomic E-state index is -1.19. The number of carbonyl (C=O) groups excluding carboxylic acids is 1. The number of nitrogens with one attached hydrogen (secondary N) is 1. The van der Waals surface area contributed by atoms with Crippen LogP contribution in [0.4, 0.5) is 11.4 Å². The summed E-state index contributed by atoms with van der Waals surface area (Å²) in [6, 6.07) is 1.96. The molecular formula is C12H16ClN3O3. The van der Waals surface area contributed by atoms with E-state index in [1.165, 1.54) is 12.1 Å². The Kier molecular flexibility index (Phi) is 4.61. The van der Waals surface area contributed by atoms with Crippen molar-refractivity contribution in [1.29, 1.82) is 0 Å². The summed E-state index contributed by atoms with van der Waals surface area (Å²) in [5, 5.41) is 12.0. The summed E-state index contributed by atoms with van der Waals surface area (Å²) in [6.07, 6.45) is 0. The van der Waals surface area contributed by atoms with Gasteiger partial charge in [0.25, 0.3) is 0 Å². The van der Waals surface area contributed by atoms with E-state index in [0.29, 0.717) is 0 Å². The fourth-order valence-corrected chi connectivity index (χ4v) is 1.95. The fraction of sp³-hybridized carbons (Fsp3) is 0.333. The van der Waals surface area contributed by atoms with Crippen molar-refractivity contribution >= 4 is 34.9 Å². The van der Waals surface area contributed by atoms with E-state index >= 15 is 0 Å². The van der Waals surface area contributed by atoms with Crippen molar-refractivity contribution in [2.24, 2.45) is 11.7 Å². The largest absolute Gasteiger partial charge is 0.478 e. The Balaban J connectivity index is 3.26. The van der Waals surface area contributed by atoms with Gasteiger partial charge in [-0.3, -0.25) is 4.79 Å². The Bertz CT molecular complexity index is 517. The molecule has 7 heteroatoms.